The quantitative estimate of drug-likeness (QED) is 0.288. The Kier molecular flexibility index (Phi) is 6.95. The van der Waals surface area contributed by atoms with Crippen molar-refractivity contribution in [3.63, 3.8) is 0 Å². The second kappa shape index (κ2) is 10.3. The second-order valence-electron chi connectivity index (χ2n) is 12.4. The highest BCUT2D eigenvalue weighted by Gasteiger charge is 2.39. The number of H-pyrrole nitrogens is 1. The Morgan fingerprint density at radius 2 is 1.76 bits per heavy atom. The molecule has 0 unspecified atom stereocenters. The molecular weight excluding hydrogens is 541 g/mol. The number of nitrogens with zero attached hydrogens (tertiary/aromatic N) is 5. The molecule has 1 atom stereocenters. The normalized spacial score (nSPS) is 18.9. The first-order valence-corrected chi connectivity index (χ1v) is 14.4. The average Bonchev–Trinajstić information content (AvgIpc) is 3.31. The van der Waals surface area contributed by atoms with Crippen LogP contribution in [-0.4, -0.2) is 53.0 Å². The molecule has 222 valence electrons. The maximum Gasteiger partial charge on any atom is 0.416 e. The first-order chi connectivity index (χ1) is 19.9. The van der Waals surface area contributed by atoms with Crippen LogP contribution < -0.4 is 9.80 Å². The minimum Gasteiger partial charge on any atom is -0.381 e. The van der Waals surface area contributed by atoms with E-state index >= 15 is 0 Å². The molecule has 4 aromatic rings. The van der Waals surface area contributed by atoms with E-state index in [4.69, 9.17) is 14.7 Å². The molecule has 0 saturated carbocycles. The molecule has 42 heavy (non-hydrogen) atoms. The predicted molar refractivity (Wildman–Crippen MR) is 159 cm³/mol. The zero-order valence-corrected chi connectivity index (χ0v) is 25.0. The summed E-state index contributed by atoms with van der Waals surface area (Å²) in [5.74, 6) is 1.51. The van der Waals surface area contributed by atoms with Crippen LogP contribution in [0.3, 0.4) is 0 Å². The van der Waals surface area contributed by atoms with Crippen LogP contribution in [0.25, 0.3) is 22.3 Å². The fourth-order valence-electron chi connectivity index (χ4n) is 6.71. The molecule has 2 aromatic heterocycles. The second-order valence-corrected chi connectivity index (χ2v) is 12.4. The molecule has 0 spiro atoms. The summed E-state index contributed by atoms with van der Waals surface area (Å²) in [5, 5.41) is 8.58. The van der Waals surface area contributed by atoms with Gasteiger partial charge in [-0.3, -0.25) is 5.10 Å². The third-order valence-corrected chi connectivity index (χ3v) is 8.97. The van der Waals surface area contributed by atoms with Gasteiger partial charge in [0, 0.05) is 73.0 Å². The number of rotatable bonds is 4. The largest absolute Gasteiger partial charge is 0.416 e. The van der Waals surface area contributed by atoms with Gasteiger partial charge in [0.2, 0.25) is 0 Å². The van der Waals surface area contributed by atoms with E-state index < -0.39 is 11.7 Å². The summed E-state index contributed by atoms with van der Waals surface area (Å²) >= 11 is 0. The first-order valence-electron chi connectivity index (χ1n) is 14.4. The van der Waals surface area contributed by atoms with E-state index in [-0.39, 0.29) is 11.5 Å². The Bertz CT molecular complexity index is 1660. The number of nitrogens with one attached hydrogen (secondary N) is 1. The van der Waals surface area contributed by atoms with Crippen LogP contribution >= 0.6 is 0 Å². The molecule has 2 aromatic carbocycles. The summed E-state index contributed by atoms with van der Waals surface area (Å²) in [5.41, 5.74) is 6.42. The van der Waals surface area contributed by atoms with Crippen molar-refractivity contribution in [1.29, 1.82) is 0 Å². The van der Waals surface area contributed by atoms with Crippen molar-refractivity contribution in [2.45, 2.75) is 66.3 Å². The minimum atomic E-state index is -4.40. The fraction of sp³-hybridized carbons (Fsp3) is 0.469. The Hall–Kier alpha value is -3.66. The van der Waals surface area contributed by atoms with E-state index in [1.54, 1.807) is 13.2 Å². The van der Waals surface area contributed by atoms with E-state index in [0.29, 0.717) is 31.0 Å². The minimum absolute atomic E-state index is 0.117. The number of piperidine rings is 1. The monoisotopic (exact) mass is 578 g/mol. The molecule has 1 fully saturated rings. The fourth-order valence-corrected chi connectivity index (χ4v) is 6.71. The van der Waals surface area contributed by atoms with Crippen LogP contribution in [0.4, 0.5) is 24.7 Å². The number of methoxy groups -OCH3 is 1. The maximum absolute atomic E-state index is 13.6. The summed E-state index contributed by atoms with van der Waals surface area (Å²) < 4.78 is 46.7. The maximum atomic E-state index is 13.6. The molecule has 4 heterocycles. The third kappa shape index (κ3) is 4.89. The number of fused-ring (bicyclic) bond motifs is 2. The van der Waals surface area contributed by atoms with Crippen LogP contribution in [0, 0.1) is 26.2 Å². The van der Waals surface area contributed by atoms with E-state index in [2.05, 4.69) is 35.9 Å². The molecule has 2 aliphatic heterocycles. The molecule has 1 N–H and O–H groups in total. The third-order valence-electron chi connectivity index (χ3n) is 8.97. The number of benzene rings is 2. The van der Waals surface area contributed by atoms with Crippen molar-refractivity contribution in [2.75, 3.05) is 36.5 Å². The zero-order chi connectivity index (χ0) is 30.0. The average molecular weight is 579 g/mol. The number of ether oxygens (including phenoxy) is 1. The van der Waals surface area contributed by atoms with Crippen LogP contribution in [-0.2, 0) is 23.9 Å². The molecule has 0 bridgehead atoms. The summed E-state index contributed by atoms with van der Waals surface area (Å²) in [6.45, 7) is 12.9. The smallest absolute Gasteiger partial charge is 0.381 e. The molecule has 7 nitrogen and oxygen atoms in total. The van der Waals surface area contributed by atoms with E-state index in [1.807, 2.05) is 30.9 Å². The first kappa shape index (κ1) is 28.5. The SMILES string of the molecule is CO[C@@H]1CCN(c2nc(-c3c(C)ccc4n[nH]c(C)c34)nc3c2CN(c2cc(C(F)(F)F)ccc2C)CC3)CC1(C)C. The van der Waals surface area contributed by atoms with Crippen molar-refractivity contribution in [3.8, 4) is 11.4 Å². The number of aromatic nitrogens is 4. The zero-order valence-electron chi connectivity index (χ0n) is 25.0. The number of alkyl halides is 3. The lowest BCUT2D eigenvalue weighted by atomic mass is 9.81. The van der Waals surface area contributed by atoms with Crippen molar-refractivity contribution in [3.05, 3.63) is 64.0 Å². The van der Waals surface area contributed by atoms with Gasteiger partial charge in [-0.25, -0.2) is 9.97 Å². The van der Waals surface area contributed by atoms with Gasteiger partial charge in [0.15, 0.2) is 5.82 Å². The molecule has 0 radical (unpaired) electrons. The number of halogens is 3. The molecule has 6 rings (SSSR count). The van der Waals surface area contributed by atoms with Gasteiger partial charge in [-0.05, 0) is 56.5 Å². The van der Waals surface area contributed by atoms with Crippen LogP contribution in [0.5, 0.6) is 0 Å². The lowest BCUT2D eigenvalue weighted by molar-refractivity contribution is -0.137. The van der Waals surface area contributed by atoms with Crippen molar-refractivity contribution < 1.29 is 17.9 Å². The number of hydrogen-bond donors (Lipinski definition) is 1. The number of aromatic amines is 1. The standard InChI is InChI=1S/C32H37F3N6O/c1-18-7-9-21(32(33,34)35)15-25(18)40-13-11-23-22(16-40)30(41-14-12-26(42-6)31(4,5)17-41)37-29(36-23)27-19(2)8-10-24-28(27)20(3)38-39-24/h7-10,15,26H,11-14,16-17H2,1-6H3,(H,38,39)/t26-/m1/s1. The number of aryl methyl sites for hydroxylation is 3. The number of hydrogen-bond acceptors (Lipinski definition) is 6. The van der Waals surface area contributed by atoms with Crippen molar-refractivity contribution >= 4 is 22.4 Å². The topological polar surface area (TPSA) is 70.2 Å². The Labute approximate surface area is 244 Å². The van der Waals surface area contributed by atoms with E-state index in [9.17, 15) is 13.2 Å². The summed E-state index contributed by atoms with van der Waals surface area (Å²) in [6.07, 6.45) is -2.82. The lowest BCUT2D eigenvalue weighted by Gasteiger charge is -2.45. The van der Waals surface area contributed by atoms with Gasteiger partial charge in [-0.1, -0.05) is 26.0 Å². The Morgan fingerprint density at radius 1 is 1.00 bits per heavy atom. The Balaban J connectivity index is 1.49. The lowest BCUT2D eigenvalue weighted by Crippen LogP contribution is -2.50. The van der Waals surface area contributed by atoms with Gasteiger partial charge in [0.1, 0.15) is 5.82 Å². The highest BCUT2D eigenvalue weighted by Crippen LogP contribution is 2.40. The summed E-state index contributed by atoms with van der Waals surface area (Å²) in [7, 11) is 1.76. The Morgan fingerprint density at radius 3 is 2.48 bits per heavy atom. The van der Waals surface area contributed by atoms with Gasteiger partial charge >= 0.3 is 6.18 Å². The van der Waals surface area contributed by atoms with Crippen LogP contribution in [0.2, 0.25) is 0 Å². The number of anilines is 2. The van der Waals surface area contributed by atoms with Gasteiger partial charge in [0.05, 0.1) is 22.9 Å². The van der Waals surface area contributed by atoms with Crippen LogP contribution in [0.1, 0.15) is 53.9 Å². The molecule has 2 aliphatic rings. The van der Waals surface area contributed by atoms with Gasteiger partial charge in [-0.2, -0.15) is 18.3 Å². The molecule has 0 aliphatic carbocycles. The highest BCUT2D eigenvalue weighted by molar-refractivity contribution is 5.96. The molecule has 1 saturated heterocycles. The molecule has 0 amide bonds. The van der Waals surface area contributed by atoms with Gasteiger partial charge in [-0.15, -0.1) is 0 Å². The van der Waals surface area contributed by atoms with Crippen molar-refractivity contribution in [2.24, 2.45) is 5.41 Å². The highest BCUT2D eigenvalue weighted by atomic mass is 19.4. The predicted octanol–water partition coefficient (Wildman–Crippen LogP) is 6.78. The summed E-state index contributed by atoms with van der Waals surface area (Å²) in [6, 6.07) is 8.04. The molecular formula is C32H37F3N6O. The van der Waals surface area contributed by atoms with Gasteiger partial charge in [0.25, 0.3) is 0 Å². The van der Waals surface area contributed by atoms with E-state index in [0.717, 1.165) is 75.9 Å². The summed E-state index contributed by atoms with van der Waals surface area (Å²) in [4.78, 5) is 14.8. The van der Waals surface area contributed by atoms with E-state index in [1.165, 1.54) is 6.07 Å². The van der Waals surface area contributed by atoms with Crippen LogP contribution in [0.15, 0.2) is 30.3 Å². The molecule has 10 heteroatoms. The van der Waals surface area contributed by atoms with Gasteiger partial charge < -0.3 is 14.5 Å². The van der Waals surface area contributed by atoms with Crippen molar-refractivity contribution in [1.82, 2.24) is 20.2 Å².